The Balaban J connectivity index is 1.71. The van der Waals surface area contributed by atoms with Crippen molar-refractivity contribution in [3.05, 3.63) is 71.2 Å². The molecule has 3 aromatic rings. The molecule has 0 bridgehead atoms. The number of aromatic amines is 1. The maximum Gasteiger partial charge on any atom is 0.123 e. The van der Waals surface area contributed by atoms with E-state index >= 15 is 0 Å². The Morgan fingerprint density at radius 1 is 1.00 bits per heavy atom. The molecule has 0 saturated heterocycles. The van der Waals surface area contributed by atoms with Gasteiger partial charge < -0.3 is 4.90 Å². The fourth-order valence-electron chi connectivity index (χ4n) is 3.64. The predicted octanol–water partition coefficient (Wildman–Crippen LogP) is 4.67. The summed E-state index contributed by atoms with van der Waals surface area (Å²) in [6.45, 7) is 2.12. The highest BCUT2D eigenvalue weighted by atomic mass is 19.1. The third-order valence-corrected chi connectivity index (χ3v) is 5.29. The van der Waals surface area contributed by atoms with Gasteiger partial charge in [-0.3, -0.25) is 5.10 Å². The zero-order valence-corrected chi connectivity index (χ0v) is 14.8. The largest absolute Gasteiger partial charge is 0.378 e. The minimum absolute atomic E-state index is 0.0351. The van der Waals surface area contributed by atoms with Crippen molar-refractivity contribution in [2.75, 3.05) is 19.0 Å². The molecule has 0 amide bonds. The topological polar surface area (TPSA) is 31.9 Å². The van der Waals surface area contributed by atoms with E-state index in [1.54, 1.807) is 12.1 Å². The second kappa shape index (κ2) is 5.73. The van der Waals surface area contributed by atoms with Crippen molar-refractivity contribution in [3.63, 3.8) is 0 Å². The van der Waals surface area contributed by atoms with Gasteiger partial charge in [0, 0.05) is 36.5 Å². The molecule has 0 radical (unpaired) electrons. The molecule has 1 N–H and O–H groups in total. The molecule has 0 unspecified atom stereocenters. The van der Waals surface area contributed by atoms with Crippen LogP contribution in [0.15, 0.2) is 48.5 Å². The summed E-state index contributed by atoms with van der Waals surface area (Å²) in [6.07, 6.45) is 2.14. The van der Waals surface area contributed by atoms with Gasteiger partial charge in [-0.2, -0.15) is 5.10 Å². The molecule has 1 aliphatic rings. The molecule has 1 saturated carbocycles. The Morgan fingerprint density at radius 2 is 1.64 bits per heavy atom. The first-order valence-electron chi connectivity index (χ1n) is 8.60. The van der Waals surface area contributed by atoms with Crippen molar-refractivity contribution < 1.29 is 4.39 Å². The summed E-state index contributed by atoms with van der Waals surface area (Å²) < 4.78 is 13.3. The van der Waals surface area contributed by atoms with E-state index in [2.05, 4.69) is 46.3 Å². The van der Waals surface area contributed by atoms with Gasteiger partial charge in [-0.15, -0.1) is 0 Å². The monoisotopic (exact) mass is 335 g/mol. The van der Waals surface area contributed by atoms with Crippen molar-refractivity contribution in [2.24, 2.45) is 0 Å². The lowest BCUT2D eigenvalue weighted by Gasteiger charge is -2.15. The zero-order chi connectivity index (χ0) is 17.6. The molecule has 0 aliphatic heterocycles. The average Bonchev–Trinajstić information content (AvgIpc) is 3.32. The number of hydrogen-bond donors (Lipinski definition) is 1. The van der Waals surface area contributed by atoms with Gasteiger partial charge in [0.1, 0.15) is 5.82 Å². The summed E-state index contributed by atoms with van der Waals surface area (Å²) in [5, 5.41) is 7.87. The maximum absolute atomic E-state index is 13.3. The molecule has 1 aromatic heterocycles. The number of aromatic nitrogens is 2. The van der Waals surface area contributed by atoms with Crippen molar-refractivity contribution in [1.82, 2.24) is 10.2 Å². The lowest BCUT2D eigenvalue weighted by molar-refractivity contribution is 0.625. The number of hydrogen-bond acceptors (Lipinski definition) is 2. The van der Waals surface area contributed by atoms with Crippen molar-refractivity contribution in [1.29, 1.82) is 0 Å². The Bertz CT molecular complexity index is 888. The fourth-order valence-corrected chi connectivity index (χ4v) is 3.64. The summed E-state index contributed by atoms with van der Waals surface area (Å²) >= 11 is 0. The van der Waals surface area contributed by atoms with Gasteiger partial charge in [-0.1, -0.05) is 24.3 Å². The van der Waals surface area contributed by atoms with E-state index in [4.69, 9.17) is 0 Å². The minimum atomic E-state index is -0.192. The van der Waals surface area contributed by atoms with E-state index in [0.717, 1.165) is 35.4 Å². The van der Waals surface area contributed by atoms with Gasteiger partial charge in [0.25, 0.3) is 0 Å². The molecule has 2 aromatic carbocycles. The first kappa shape index (κ1) is 15.9. The van der Waals surface area contributed by atoms with Crippen LogP contribution in [0.25, 0.3) is 11.3 Å². The highest BCUT2D eigenvalue weighted by Gasteiger charge is 2.48. The van der Waals surface area contributed by atoms with Crippen LogP contribution in [0.4, 0.5) is 10.1 Å². The number of nitrogens with zero attached hydrogens (tertiary/aromatic N) is 2. The molecule has 0 spiro atoms. The van der Waals surface area contributed by atoms with Crippen LogP contribution in [0.2, 0.25) is 0 Å². The van der Waals surface area contributed by atoms with E-state index in [1.165, 1.54) is 11.3 Å². The number of nitrogens with one attached hydrogen (secondary N) is 1. The van der Waals surface area contributed by atoms with Gasteiger partial charge >= 0.3 is 0 Å². The SMILES string of the molecule is Cc1c(-c2ccc(N(C)C)cc2)n[nH]c1C1(c2ccc(F)cc2)CC1. The van der Waals surface area contributed by atoms with Crippen LogP contribution < -0.4 is 4.90 Å². The fraction of sp³-hybridized carbons (Fsp3) is 0.286. The van der Waals surface area contributed by atoms with Crippen LogP contribution in [0.1, 0.15) is 29.7 Å². The van der Waals surface area contributed by atoms with Gasteiger partial charge in [0.05, 0.1) is 5.69 Å². The molecular weight excluding hydrogens is 313 g/mol. The molecule has 0 atom stereocenters. The van der Waals surface area contributed by atoms with Crippen LogP contribution in [-0.2, 0) is 5.41 Å². The van der Waals surface area contributed by atoms with Crippen molar-refractivity contribution >= 4 is 5.69 Å². The van der Waals surface area contributed by atoms with Crippen LogP contribution >= 0.6 is 0 Å². The normalized spacial score (nSPS) is 15.2. The highest BCUT2D eigenvalue weighted by molar-refractivity contribution is 5.67. The third kappa shape index (κ3) is 2.62. The number of benzene rings is 2. The summed E-state index contributed by atoms with van der Waals surface area (Å²) in [4.78, 5) is 2.08. The first-order chi connectivity index (χ1) is 12.0. The van der Waals surface area contributed by atoms with Gasteiger partial charge in [-0.25, -0.2) is 4.39 Å². The van der Waals surface area contributed by atoms with Crippen molar-refractivity contribution in [2.45, 2.75) is 25.2 Å². The maximum atomic E-state index is 13.3. The Kier molecular flexibility index (Phi) is 3.64. The second-order valence-electron chi connectivity index (χ2n) is 7.10. The number of rotatable bonds is 4. The molecule has 1 heterocycles. The molecule has 128 valence electrons. The highest BCUT2D eigenvalue weighted by Crippen LogP contribution is 2.54. The van der Waals surface area contributed by atoms with Crippen LogP contribution in [0.3, 0.4) is 0 Å². The lowest BCUT2D eigenvalue weighted by atomic mass is 9.89. The third-order valence-electron chi connectivity index (χ3n) is 5.29. The average molecular weight is 335 g/mol. The number of H-pyrrole nitrogens is 1. The smallest absolute Gasteiger partial charge is 0.123 e. The zero-order valence-electron chi connectivity index (χ0n) is 14.8. The first-order valence-corrected chi connectivity index (χ1v) is 8.60. The number of anilines is 1. The Morgan fingerprint density at radius 3 is 2.20 bits per heavy atom. The molecule has 1 fully saturated rings. The summed E-state index contributed by atoms with van der Waals surface area (Å²) in [6, 6.07) is 15.3. The Hall–Kier alpha value is -2.62. The molecule has 25 heavy (non-hydrogen) atoms. The predicted molar refractivity (Wildman–Crippen MR) is 99.5 cm³/mol. The number of halogens is 1. The van der Waals surface area contributed by atoms with E-state index in [9.17, 15) is 4.39 Å². The minimum Gasteiger partial charge on any atom is -0.378 e. The molecule has 4 rings (SSSR count). The summed E-state index contributed by atoms with van der Waals surface area (Å²) in [5.74, 6) is -0.192. The van der Waals surface area contributed by atoms with Gasteiger partial charge in [0.2, 0.25) is 0 Å². The second-order valence-corrected chi connectivity index (χ2v) is 7.10. The van der Waals surface area contributed by atoms with Crippen LogP contribution in [0.5, 0.6) is 0 Å². The van der Waals surface area contributed by atoms with Gasteiger partial charge in [-0.05, 0) is 55.2 Å². The molecule has 3 nitrogen and oxygen atoms in total. The quantitative estimate of drug-likeness (QED) is 0.751. The molecular formula is C21H22FN3. The Labute approximate surface area is 147 Å². The van der Waals surface area contributed by atoms with Crippen LogP contribution in [-0.4, -0.2) is 24.3 Å². The molecule has 4 heteroatoms. The molecule has 1 aliphatic carbocycles. The van der Waals surface area contributed by atoms with E-state index in [0.29, 0.717) is 0 Å². The lowest BCUT2D eigenvalue weighted by Crippen LogP contribution is -2.11. The van der Waals surface area contributed by atoms with E-state index in [1.807, 2.05) is 26.2 Å². The summed E-state index contributed by atoms with van der Waals surface area (Å²) in [7, 11) is 4.07. The van der Waals surface area contributed by atoms with E-state index < -0.39 is 0 Å². The van der Waals surface area contributed by atoms with Gasteiger partial charge in [0.15, 0.2) is 0 Å². The van der Waals surface area contributed by atoms with Crippen molar-refractivity contribution in [3.8, 4) is 11.3 Å². The van der Waals surface area contributed by atoms with Crippen LogP contribution in [0, 0.1) is 12.7 Å². The van der Waals surface area contributed by atoms with E-state index in [-0.39, 0.29) is 11.2 Å². The standard InChI is InChI=1S/C21H22FN3/c1-14-19(15-4-10-18(11-5-15)25(2)3)23-24-20(14)21(12-13-21)16-6-8-17(22)9-7-16/h4-11H,12-13H2,1-3H3,(H,23,24). The summed E-state index contributed by atoms with van der Waals surface area (Å²) in [5.41, 5.74) is 6.74.